The summed E-state index contributed by atoms with van der Waals surface area (Å²) in [6, 6.07) is 9.60. The standard InChI is InChI=1S/C18H21Cl2NO2/c1-4-22-17-8-13(16(20)10-18(17)23-5-2)11-21-14-7-6-12(3)15(19)9-14/h6-10,21H,4-5,11H2,1-3H3. The molecule has 0 saturated heterocycles. The molecule has 1 N–H and O–H groups in total. The minimum atomic E-state index is 0.565. The van der Waals surface area contributed by atoms with Gasteiger partial charge in [-0.25, -0.2) is 0 Å². The van der Waals surface area contributed by atoms with Gasteiger partial charge >= 0.3 is 0 Å². The van der Waals surface area contributed by atoms with Gasteiger partial charge in [-0.2, -0.15) is 0 Å². The van der Waals surface area contributed by atoms with Crippen LogP contribution in [0.3, 0.4) is 0 Å². The number of benzene rings is 2. The molecule has 0 amide bonds. The van der Waals surface area contributed by atoms with E-state index in [-0.39, 0.29) is 0 Å². The first-order valence-electron chi connectivity index (χ1n) is 7.63. The monoisotopic (exact) mass is 353 g/mol. The van der Waals surface area contributed by atoms with E-state index in [2.05, 4.69) is 5.32 Å². The summed E-state index contributed by atoms with van der Waals surface area (Å²) in [4.78, 5) is 0. The van der Waals surface area contributed by atoms with Gasteiger partial charge in [-0.1, -0.05) is 29.3 Å². The second-order valence-corrected chi connectivity index (χ2v) is 5.89. The van der Waals surface area contributed by atoms with E-state index in [9.17, 15) is 0 Å². The van der Waals surface area contributed by atoms with Crippen molar-refractivity contribution in [2.75, 3.05) is 18.5 Å². The van der Waals surface area contributed by atoms with Gasteiger partial charge in [0.25, 0.3) is 0 Å². The normalized spacial score (nSPS) is 10.5. The number of aryl methyl sites for hydroxylation is 1. The third kappa shape index (κ3) is 4.69. The Morgan fingerprint density at radius 3 is 2.17 bits per heavy atom. The zero-order chi connectivity index (χ0) is 16.8. The fraction of sp³-hybridized carbons (Fsp3) is 0.333. The topological polar surface area (TPSA) is 30.5 Å². The molecule has 0 fully saturated rings. The Labute approximate surface area is 147 Å². The number of rotatable bonds is 7. The largest absolute Gasteiger partial charge is 0.490 e. The van der Waals surface area contributed by atoms with Gasteiger partial charge in [0.2, 0.25) is 0 Å². The molecule has 0 aliphatic rings. The molecular formula is C18H21Cl2NO2. The summed E-state index contributed by atoms with van der Waals surface area (Å²) in [5, 5.41) is 4.71. The van der Waals surface area contributed by atoms with Crippen molar-refractivity contribution in [1.29, 1.82) is 0 Å². The molecule has 3 nitrogen and oxygen atoms in total. The van der Waals surface area contributed by atoms with E-state index < -0.39 is 0 Å². The highest BCUT2D eigenvalue weighted by molar-refractivity contribution is 6.32. The maximum absolute atomic E-state index is 6.36. The maximum atomic E-state index is 6.36. The lowest BCUT2D eigenvalue weighted by atomic mass is 10.1. The highest BCUT2D eigenvalue weighted by atomic mass is 35.5. The van der Waals surface area contributed by atoms with Crippen LogP contribution in [0.5, 0.6) is 11.5 Å². The van der Waals surface area contributed by atoms with Gasteiger partial charge in [0.05, 0.1) is 13.2 Å². The molecule has 2 aromatic carbocycles. The molecule has 23 heavy (non-hydrogen) atoms. The number of anilines is 1. The maximum Gasteiger partial charge on any atom is 0.162 e. The summed E-state index contributed by atoms with van der Waals surface area (Å²) in [5.41, 5.74) is 2.94. The molecule has 2 aromatic rings. The van der Waals surface area contributed by atoms with Crippen LogP contribution in [-0.4, -0.2) is 13.2 Å². The van der Waals surface area contributed by atoms with Crippen LogP contribution in [-0.2, 0) is 6.54 Å². The molecular weight excluding hydrogens is 333 g/mol. The zero-order valence-electron chi connectivity index (χ0n) is 13.6. The lowest BCUT2D eigenvalue weighted by Gasteiger charge is -2.15. The van der Waals surface area contributed by atoms with Crippen molar-refractivity contribution in [3.05, 3.63) is 51.5 Å². The van der Waals surface area contributed by atoms with Crippen LogP contribution >= 0.6 is 23.2 Å². The first-order valence-corrected chi connectivity index (χ1v) is 8.38. The lowest BCUT2D eigenvalue weighted by Crippen LogP contribution is -2.03. The van der Waals surface area contributed by atoms with Crippen molar-refractivity contribution < 1.29 is 9.47 Å². The van der Waals surface area contributed by atoms with Gasteiger partial charge in [-0.3, -0.25) is 0 Å². The van der Waals surface area contributed by atoms with E-state index in [0.29, 0.717) is 36.3 Å². The summed E-state index contributed by atoms with van der Waals surface area (Å²) < 4.78 is 11.2. The average molecular weight is 354 g/mol. The zero-order valence-corrected chi connectivity index (χ0v) is 15.1. The van der Waals surface area contributed by atoms with Crippen molar-refractivity contribution >= 4 is 28.9 Å². The predicted octanol–water partition coefficient (Wildman–Crippen LogP) is 5.71. The summed E-state index contributed by atoms with van der Waals surface area (Å²) in [6.45, 7) is 7.56. The summed E-state index contributed by atoms with van der Waals surface area (Å²) in [7, 11) is 0. The Hall–Kier alpha value is -1.58. The summed E-state index contributed by atoms with van der Waals surface area (Å²) in [6.07, 6.45) is 0. The van der Waals surface area contributed by atoms with Crippen LogP contribution in [0.4, 0.5) is 5.69 Å². The quantitative estimate of drug-likeness (QED) is 0.691. The molecule has 124 valence electrons. The van der Waals surface area contributed by atoms with Crippen LogP contribution in [0.25, 0.3) is 0 Å². The Kier molecular flexibility index (Phi) is 6.43. The SMILES string of the molecule is CCOc1cc(Cl)c(CNc2ccc(C)c(Cl)c2)cc1OCC. The molecule has 0 aliphatic carbocycles. The van der Waals surface area contributed by atoms with Crippen molar-refractivity contribution in [1.82, 2.24) is 0 Å². The van der Waals surface area contributed by atoms with Crippen LogP contribution in [0.15, 0.2) is 30.3 Å². The van der Waals surface area contributed by atoms with Crippen molar-refractivity contribution in [3.63, 3.8) is 0 Å². The van der Waals surface area contributed by atoms with E-state index in [4.69, 9.17) is 32.7 Å². The number of hydrogen-bond acceptors (Lipinski definition) is 3. The lowest BCUT2D eigenvalue weighted by molar-refractivity contribution is 0.287. The first kappa shape index (κ1) is 17.8. The molecule has 0 aromatic heterocycles. The van der Waals surface area contributed by atoms with Crippen molar-refractivity contribution in [3.8, 4) is 11.5 Å². The first-order chi connectivity index (χ1) is 11.0. The highest BCUT2D eigenvalue weighted by Crippen LogP contribution is 2.34. The van der Waals surface area contributed by atoms with Gasteiger partial charge in [-0.15, -0.1) is 0 Å². The predicted molar refractivity (Wildman–Crippen MR) is 97.3 cm³/mol. The van der Waals surface area contributed by atoms with E-state index in [1.54, 1.807) is 6.07 Å². The van der Waals surface area contributed by atoms with Crippen LogP contribution in [0.2, 0.25) is 10.0 Å². The van der Waals surface area contributed by atoms with E-state index >= 15 is 0 Å². The Bertz CT molecular complexity index is 674. The van der Waals surface area contributed by atoms with Crippen molar-refractivity contribution in [2.24, 2.45) is 0 Å². The third-order valence-electron chi connectivity index (χ3n) is 3.37. The molecule has 0 unspecified atom stereocenters. The number of halogens is 2. The Balaban J connectivity index is 2.18. The fourth-order valence-electron chi connectivity index (χ4n) is 2.15. The Morgan fingerprint density at radius 2 is 1.57 bits per heavy atom. The van der Waals surface area contributed by atoms with Crippen molar-refractivity contribution in [2.45, 2.75) is 27.3 Å². The molecule has 5 heteroatoms. The molecule has 0 aliphatic heterocycles. The molecule has 0 saturated carbocycles. The van der Waals surface area contributed by atoms with Gasteiger partial charge in [0.15, 0.2) is 11.5 Å². The highest BCUT2D eigenvalue weighted by Gasteiger charge is 2.11. The summed E-state index contributed by atoms with van der Waals surface area (Å²) in [5.74, 6) is 1.37. The minimum Gasteiger partial charge on any atom is -0.490 e. The van der Waals surface area contributed by atoms with E-state index in [1.807, 2.05) is 45.0 Å². The van der Waals surface area contributed by atoms with E-state index in [0.717, 1.165) is 21.8 Å². The van der Waals surface area contributed by atoms with Crippen LogP contribution < -0.4 is 14.8 Å². The van der Waals surface area contributed by atoms with Crippen LogP contribution in [0, 0.1) is 6.92 Å². The smallest absolute Gasteiger partial charge is 0.162 e. The number of nitrogens with one attached hydrogen (secondary N) is 1. The average Bonchev–Trinajstić information content (AvgIpc) is 2.52. The molecule has 0 heterocycles. The second kappa shape index (κ2) is 8.32. The molecule has 0 bridgehead atoms. The summed E-state index contributed by atoms with van der Waals surface area (Å²) >= 11 is 12.5. The Morgan fingerprint density at radius 1 is 0.913 bits per heavy atom. The van der Waals surface area contributed by atoms with Gasteiger partial charge in [0.1, 0.15) is 0 Å². The number of hydrogen-bond donors (Lipinski definition) is 1. The van der Waals surface area contributed by atoms with Gasteiger partial charge in [-0.05, 0) is 50.1 Å². The molecule has 0 atom stereocenters. The van der Waals surface area contributed by atoms with Gasteiger partial charge in [0, 0.05) is 28.3 Å². The second-order valence-electron chi connectivity index (χ2n) is 5.07. The molecule has 0 spiro atoms. The third-order valence-corrected chi connectivity index (χ3v) is 4.13. The van der Waals surface area contributed by atoms with Gasteiger partial charge < -0.3 is 14.8 Å². The molecule has 0 radical (unpaired) electrons. The minimum absolute atomic E-state index is 0.565. The fourth-order valence-corrected chi connectivity index (χ4v) is 2.55. The number of ether oxygens (including phenoxy) is 2. The van der Waals surface area contributed by atoms with Crippen LogP contribution in [0.1, 0.15) is 25.0 Å². The van der Waals surface area contributed by atoms with E-state index in [1.165, 1.54) is 0 Å². The molecule has 2 rings (SSSR count).